The Morgan fingerprint density at radius 1 is 1.09 bits per heavy atom. The smallest absolute Gasteiger partial charge is 0.328 e. The number of fused-ring (bicyclic) bond motifs is 1. The first-order valence-corrected chi connectivity index (χ1v) is 11.0. The van der Waals surface area contributed by atoms with Gasteiger partial charge in [-0.25, -0.2) is 10.2 Å². The zero-order valence-electron chi connectivity index (χ0n) is 19.1. The summed E-state index contributed by atoms with van der Waals surface area (Å²) in [4.78, 5) is 40.0. The number of rotatable bonds is 8. The molecule has 1 aliphatic heterocycles. The van der Waals surface area contributed by atoms with Crippen molar-refractivity contribution in [3.05, 3.63) is 77.0 Å². The van der Waals surface area contributed by atoms with Crippen LogP contribution in [0.2, 0.25) is 0 Å². The van der Waals surface area contributed by atoms with Crippen molar-refractivity contribution in [2.45, 2.75) is 32.2 Å². The van der Waals surface area contributed by atoms with Crippen molar-refractivity contribution in [2.75, 3.05) is 7.11 Å². The fraction of sp³-hybridized carbons (Fsp3) is 0.231. The van der Waals surface area contributed by atoms with E-state index in [4.69, 9.17) is 4.74 Å². The number of benzene rings is 2. The van der Waals surface area contributed by atoms with Crippen molar-refractivity contribution < 1.29 is 19.1 Å². The zero-order valence-corrected chi connectivity index (χ0v) is 19.1. The van der Waals surface area contributed by atoms with Gasteiger partial charge in [-0.1, -0.05) is 48.5 Å². The SMILES string of the molecule is COC(=O)C(Cc1c(/C=C2\C(=O)NN=C2CCc2ccccc2)[nH]c2ccccc12)NC(C)=O. The van der Waals surface area contributed by atoms with Crippen LogP contribution < -0.4 is 10.7 Å². The summed E-state index contributed by atoms with van der Waals surface area (Å²) in [5.74, 6) is -1.15. The Morgan fingerprint density at radius 2 is 1.82 bits per heavy atom. The summed E-state index contributed by atoms with van der Waals surface area (Å²) >= 11 is 0. The average molecular weight is 459 g/mol. The summed E-state index contributed by atoms with van der Waals surface area (Å²) < 4.78 is 4.89. The minimum absolute atomic E-state index is 0.202. The van der Waals surface area contributed by atoms with Gasteiger partial charge in [-0.15, -0.1) is 0 Å². The van der Waals surface area contributed by atoms with Gasteiger partial charge in [0.2, 0.25) is 5.91 Å². The number of nitrogens with one attached hydrogen (secondary N) is 3. The maximum atomic E-state index is 12.6. The number of H-pyrrole nitrogens is 1. The van der Waals surface area contributed by atoms with E-state index >= 15 is 0 Å². The molecule has 0 spiro atoms. The average Bonchev–Trinajstić information content (AvgIpc) is 3.37. The van der Waals surface area contributed by atoms with E-state index in [0.29, 0.717) is 23.4 Å². The van der Waals surface area contributed by atoms with E-state index < -0.39 is 12.0 Å². The van der Waals surface area contributed by atoms with Crippen molar-refractivity contribution in [1.29, 1.82) is 0 Å². The minimum atomic E-state index is -0.859. The van der Waals surface area contributed by atoms with E-state index in [0.717, 1.165) is 28.5 Å². The molecule has 2 amide bonds. The number of aryl methyl sites for hydroxylation is 1. The molecule has 1 atom stereocenters. The number of amides is 2. The van der Waals surface area contributed by atoms with Crippen molar-refractivity contribution in [1.82, 2.24) is 15.7 Å². The third kappa shape index (κ3) is 5.06. The fourth-order valence-electron chi connectivity index (χ4n) is 4.11. The van der Waals surface area contributed by atoms with E-state index in [2.05, 4.69) is 20.8 Å². The van der Waals surface area contributed by atoms with Gasteiger partial charge in [0.25, 0.3) is 5.91 Å². The summed E-state index contributed by atoms with van der Waals surface area (Å²) in [6, 6.07) is 16.8. The van der Waals surface area contributed by atoms with Crippen molar-refractivity contribution >= 4 is 40.5 Å². The Hall–Kier alpha value is -4.20. The van der Waals surface area contributed by atoms with Crippen molar-refractivity contribution in [3.8, 4) is 0 Å². The summed E-state index contributed by atoms with van der Waals surface area (Å²) in [5.41, 5.74) is 7.20. The first kappa shape index (κ1) is 23.0. The highest BCUT2D eigenvalue weighted by molar-refractivity contribution is 6.27. The number of hydrazone groups is 1. The molecule has 2 aromatic carbocycles. The second-order valence-electron chi connectivity index (χ2n) is 8.09. The molecule has 0 radical (unpaired) electrons. The molecule has 0 aliphatic carbocycles. The van der Waals surface area contributed by atoms with Gasteiger partial charge >= 0.3 is 5.97 Å². The Kier molecular flexibility index (Phi) is 6.87. The molecule has 0 bridgehead atoms. The second-order valence-corrected chi connectivity index (χ2v) is 8.09. The maximum absolute atomic E-state index is 12.6. The third-order valence-corrected chi connectivity index (χ3v) is 5.75. The number of hydrogen-bond acceptors (Lipinski definition) is 5. The topological polar surface area (TPSA) is 113 Å². The molecule has 1 aliphatic rings. The van der Waals surface area contributed by atoms with E-state index in [1.165, 1.54) is 14.0 Å². The Labute approximate surface area is 197 Å². The molecule has 4 rings (SSSR count). The van der Waals surface area contributed by atoms with Gasteiger partial charge < -0.3 is 15.0 Å². The largest absolute Gasteiger partial charge is 0.467 e. The van der Waals surface area contributed by atoms with Crippen LogP contribution in [0.1, 0.15) is 30.2 Å². The summed E-state index contributed by atoms with van der Waals surface area (Å²) in [6.07, 6.45) is 3.32. The molecular formula is C26H26N4O4. The van der Waals surface area contributed by atoms with Crippen LogP contribution in [-0.2, 0) is 32.0 Å². The van der Waals surface area contributed by atoms with E-state index in [9.17, 15) is 14.4 Å². The monoisotopic (exact) mass is 458 g/mol. The predicted molar refractivity (Wildman–Crippen MR) is 130 cm³/mol. The van der Waals surface area contributed by atoms with Gasteiger partial charge in [0.1, 0.15) is 6.04 Å². The molecule has 0 fully saturated rings. The van der Waals surface area contributed by atoms with E-state index in [1.54, 1.807) is 6.08 Å². The lowest BCUT2D eigenvalue weighted by Gasteiger charge is -2.16. The number of methoxy groups -OCH3 is 1. The molecule has 8 heteroatoms. The van der Waals surface area contributed by atoms with Gasteiger partial charge in [0.05, 0.1) is 18.4 Å². The highest BCUT2D eigenvalue weighted by Crippen LogP contribution is 2.27. The molecule has 2 heterocycles. The number of carbonyl (C=O) groups is 3. The molecule has 0 saturated carbocycles. The predicted octanol–water partition coefficient (Wildman–Crippen LogP) is 2.89. The van der Waals surface area contributed by atoms with Gasteiger partial charge in [-0.2, -0.15) is 5.10 Å². The van der Waals surface area contributed by atoms with Crippen LogP contribution in [0.4, 0.5) is 0 Å². The lowest BCUT2D eigenvalue weighted by Crippen LogP contribution is -2.42. The van der Waals surface area contributed by atoms with Crippen LogP contribution in [0.25, 0.3) is 17.0 Å². The normalized spacial score (nSPS) is 15.2. The number of hydrogen-bond donors (Lipinski definition) is 3. The number of aromatic nitrogens is 1. The third-order valence-electron chi connectivity index (χ3n) is 5.75. The Balaban J connectivity index is 1.69. The number of esters is 1. The van der Waals surface area contributed by atoms with Gasteiger partial charge in [-0.05, 0) is 36.1 Å². The van der Waals surface area contributed by atoms with Gasteiger partial charge in [-0.3, -0.25) is 9.59 Å². The molecular weight excluding hydrogens is 432 g/mol. The quantitative estimate of drug-likeness (QED) is 0.356. The van der Waals surface area contributed by atoms with E-state index in [1.807, 2.05) is 54.6 Å². The molecule has 3 N–H and O–H groups in total. The maximum Gasteiger partial charge on any atom is 0.328 e. The number of ether oxygens (including phenoxy) is 1. The van der Waals surface area contributed by atoms with Gasteiger partial charge in [0, 0.05) is 29.9 Å². The zero-order chi connectivity index (χ0) is 24.1. The van der Waals surface area contributed by atoms with Crippen LogP contribution in [-0.4, -0.2) is 41.6 Å². The van der Waals surface area contributed by atoms with Crippen molar-refractivity contribution in [3.63, 3.8) is 0 Å². The first-order valence-electron chi connectivity index (χ1n) is 11.0. The van der Waals surface area contributed by atoms with Crippen LogP contribution in [0.3, 0.4) is 0 Å². The fourth-order valence-corrected chi connectivity index (χ4v) is 4.11. The molecule has 1 aromatic heterocycles. The molecule has 3 aromatic rings. The highest BCUT2D eigenvalue weighted by atomic mass is 16.5. The number of para-hydroxylation sites is 1. The van der Waals surface area contributed by atoms with Crippen LogP contribution in [0, 0.1) is 0 Å². The van der Waals surface area contributed by atoms with Crippen LogP contribution in [0.15, 0.2) is 65.3 Å². The summed E-state index contributed by atoms with van der Waals surface area (Å²) in [5, 5.41) is 7.80. The summed E-state index contributed by atoms with van der Waals surface area (Å²) in [7, 11) is 1.29. The van der Waals surface area contributed by atoms with Crippen LogP contribution >= 0.6 is 0 Å². The minimum Gasteiger partial charge on any atom is -0.467 e. The van der Waals surface area contributed by atoms with Crippen molar-refractivity contribution in [2.24, 2.45) is 5.10 Å². The molecule has 0 saturated heterocycles. The Morgan fingerprint density at radius 3 is 2.56 bits per heavy atom. The molecule has 1 unspecified atom stereocenters. The number of carbonyl (C=O) groups excluding carboxylic acids is 3. The molecule has 34 heavy (non-hydrogen) atoms. The second kappa shape index (κ2) is 10.2. The van der Waals surface area contributed by atoms with Crippen LogP contribution in [0.5, 0.6) is 0 Å². The lowest BCUT2D eigenvalue weighted by molar-refractivity contribution is -0.144. The molecule has 174 valence electrons. The lowest BCUT2D eigenvalue weighted by atomic mass is 9.98. The number of aromatic amines is 1. The van der Waals surface area contributed by atoms with E-state index in [-0.39, 0.29) is 18.2 Å². The number of nitrogens with zero attached hydrogens (tertiary/aromatic N) is 1. The van der Waals surface area contributed by atoms with Gasteiger partial charge in [0.15, 0.2) is 0 Å². The molecule has 8 nitrogen and oxygen atoms in total. The standard InChI is InChI=1S/C26H26N4O4/c1-16(31)27-24(26(33)34-2)14-19-18-10-6-7-11-21(18)28-23(19)15-20-22(29-30-25(20)32)13-12-17-8-4-3-5-9-17/h3-11,15,24,28H,12-14H2,1-2H3,(H,27,31)(H,30,32)/b20-15-. The first-order chi connectivity index (χ1) is 16.5. The summed E-state index contributed by atoms with van der Waals surface area (Å²) in [6.45, 7) is 1.35. The highest BCUT2D eigenvalue weighted by Gasteiger charge is 2.26. The Bertz CT molecular complexity index is 1290.